The van der Waals surface area contributed by atoms with Crippen molar-refractivity contribution in [3.8, 4) is 0 Å². The van der Waals surface area contributed by atoms with Crippen LogP contribution in [0.5, 0.6) is 0 Å². The molecule has 0 radical (unpaired) electrons. The van der Waals surface area contributed by atoms with E-state index in [1.54, 1.807) is 12.1 Å². The molecule has 162 valence electrons. The van der Waals surface area contributed by atoms with Crippen LogP contribution in [0.1, 0.15) is 42.5 Å². The van der Waals surface area contributed by atoms with Crippen molar-refractivity contribution in [2.75, 3.05) is 5.32 Å². The van der Waals surface area contributed by atoms with E-state index in [4.69, 9.17) is 16.7 Å². The number of carboxylic acid groups (broad SMARTS) is 2. The number of anilines is 2. The molecule has 8 nitrogen and oxygen atoms in total. The zero-order valence-corrected chi connectivity index (χ0v) is 17.4. The number of rotatable bonds is 5. The van der Waals surface area contributed by atoms with Crippen LogP contribution in [0.4, 0.5) is 11.4 Å². The topological polar surface area (TPSA) is 122 Å². The van der Waals surface area contributed by atoms with Crippen LogP contribution in [0.25, 0.3) is 0 Å². The molecule has 31 heavy (non-hydrogen) atoms. The highest BCUT2D eigenvalue weighted by Gasteiger charge is 2.61. The molecule has 4 fully saturated rings. The monoisotopic (exact) mass is 443 g/mol. The molecule has 1 heterocycles. The molecule has 4 aliphatic rings. The Morgan fingerprint density at radius 3 is 2.32 bits per heavy atom. The molecule has 0 saturated heterocycles. The van der Waals surface area contributed by atoms with E-state index in [-0.39, 0.29) is 16.5 Å². The second kappa shape index (κ2) is 7.09. The van der Waals surface area contributed by atoms with Gasteiger partial charge in [0.25, 0.3) is 5.56 Å². The first-order chi connectivity index (χ1) is 14.8. The molecule has 4 saturated carbocycles. The molecule has 4 bridgehead atoms. The maximum absolute atomic E-state index is 13.3. The highest BCUT2D eigenvalue weighted by Crippen LogP contribution is 2.61. The fraction of sp³-hybridized carbons (Fsp3) is 0.455. The number of halogens is 1. The Bertz CT molecular complexity index is 1110. The average Bonchev–Trinajstić information content (AvgIpc) is 2.70. The van der Waals surface area contributed by atoms with Crippen LogP contribution in [0.2, 0.25) is 5.02 Å². The van der Waals surface area contributed by atoms with Crippen LogP contribution < -0.4 is 10.9 Å². The molecule has 9 heteroatoms. The van der Waals surface area contributed by atoms with Gasteiger partial charge in [0.05, 0.1) is 28.9 Å². The smallest absolute Gasteiger partial charge is 0.335 e. The Kier molecular flexibility index (Phi) is 4.58. The molecule has 6 rings (SSSR count). The lowest BCUT2D eigenvalue weighted by atomic mass is 9.48. The largest absolute Gasteiger partial charge is 0.481 e. The van der Waals surface area contributed by atoms with Gasteiger partial charge in [0.1, 0.15) is 5.02 Å². The summed E-state index contributed by atoms with van der Waals surface area (Å²) in [5, 5.41) is 26.4. The molecular weight excluding hydrogens is 422 g/mol. The maximum Gasteiger partial charge on any atom is 0.335 e. The molecule has 4 aliphatic carbocycles. The van der Waals surface area contributed by atoms with Crippen LogP contribution in [0, 0.1) is 23.7 Å². The van der Waals surface area contributed by atoms with Gasteiger partial charge in [-0.3, -0.25) is 9.59 Å². The first-order valence-electron chi connectivity index (χ1n) is 10.4. The first kappa shape index (κ1) is 20.1. The number of carboxylic acids is 2. The number of hydrogen-bond acceptors (Lipinski definition) is 5. The summed E-state index contributed by atoms with van der Waals surface area (Å²) in [6.45, 7) is 0. The van der Waals surface area contributed by atoms with Crippen LogP contribution >= 0.6 is 11.6 Å². The third-order valence-electron chi connectivity index (χ3n) is 7.29. The second-order valence-corrected chi connectivity index (χ2v) is 9.50. The summed E-state index contributed by atoms with van der Waals surface area (Å²) < 4.78 is 1.34. The Balaban J connectivity index is 1.51. The standard InChI is InChI=1S/C22H22ClN3O5/c23-18-16(25-15-3-1-13(2-4-15)20(28)29)10-24-26(19(18)27)22-8-11-5-12(9-22)7-14(6-11)17(22)21(30)31/h1-4,10-12,14,17,25H,5-9H2,(H,28,29)(H,30,31)/t11-,12+,14?,17-,22?/m0/s1. The van der Waals surface area contributed by atoms with Crippen LogP contribution in [0.3, 0.4) is 0 Å². The molecule has 0 spiro atoms. The van der Waals surface area contributed by atoms with Crippen LogP contribution in [0.15, 0.2) is 35.3 Å². The number of aliphatic carboxylic acids is 1. The van der Waals surface area contributed by atoms with Gasteiger partial charge in [0, 0.05) is 5.69 Å². The van der Waals surface area contributed by atoms with Gasteiger partial charge in [-0.25, -0.2) is 9.48 Å². The molecule has 1 aromatic heterocycles. The highest BCUT2D eigenvalue weighted by atomic mass is 35.5. The first-order valence-corrected chi connectivity index (χ1v) is 10.8. The summed E-state index contributed by atoms with van der Waals surface area (Å²) in [5.74, 6) is -1.62. The molecule has 2 aromatic rings. The number of nitrogens with zero attached hydrogens (tertiary/aromatic N) is 2. The van der Waals surface area contributed by atoms with E-state index in [9.17, 15) is 19.5 Å². The predicted octanol–water partition coefficient (Wildman–Crippen LogP) is 3.57. The lowest BCUT2D eigenvalue weighted by Crippen LogP contribution is -2.63. The van der Waals surface area contributed by atoms with Gasteiger partial charge in [0.2, 0.25) is 0 Å². The fourth-order valence-corrected chi connectivity index (χ4v) is 6.60. The summed E-state index contributed by atoms with van der Waals surface area (Å²) in [7, 11) is 0. The van der Waals surface area contributed by atoms with Gasteiger partial charge in [-0.1, -0.05) is 11.6 Å². The van der Waals surface area contributed by atoms with E-state index < -0.39 is 29.0 Å². The van der Waals surface area contributed by atoms with Crippen molar-refractivity contribution in [2.45, 2.75) is 37.6 Å². The molecule has 1 aromatic carbocycles. The lowest BCUT2D eigenvalue weighted by molar-refractivity contribution is -0.168. The minimum atomic E-state index is -1.03. The van der Waals surface area contributed by atoms with Gasteiger partial charge < -0.3 is 15.5 Å². The van der Waals surface area contributed by atoms with Gasteiger partial charge in [0.15, 0.2) is 0 Å². The Labute approximate surface area is 182 Å². The Morgan fingerprint density at radius 2 is 1.74 bits per heavy atom. The van der Waals surface area contributed by atoms with Gasteiger partial charge in [-0.05, 0) is 74.1 Å². The lowest BCUT2D eigenvalue weighted by Gasteiger charge is -2.59. The second-order valence-electron chi connectivity index (χ2n) is 9.12. The number of hydrogen-bond donors (Lipinski definition) is 3. The predicted molar refractivity (Wildman–Crippen MR) is 113 cm³/mol. The molecular formula is C22H22ClN3O5. The van der Waals surface area contributed by atoms with Crippen molar-refractivity contribution in [1.82, 2.24) is 9.78 Å². The number of benzene rings is 1. The van der Waals surface area contributed by atoms with Gasteiger partial charge >= 0.3 is 11.9 Å². The summed E-state index contributed by atoms with van der Waals surface area (Å²) in [6.07, 6.45) is 5.64. The van der Waals surface area contributed by atoms with Crippen molar-refractivity contribution in [3.63, 3.8) is 0 Å². The van der Waals surface area contributed by atoms with Crippen LogP contribution in [-0.2, 0) is 10.3 Å². The molecule has 5 atom stereocenters. The van der Waals surface area contributed by atoms with E-state index in [0.717, 1.165) is 19.3 Å². The van der Waals surface area contributed by atoms with E-state index in [1.165, 1.54) is 23.0 Å². The average molecular weight is 444 g/mol. The fourth-order valence-electron chi connectivity index (χ4n) is 6.42. The molecule has 0 aliphatic heterocycles. The number of aromatic nitrogens is 2. The highest BCUT2D eigenvalue weighted by molar-refractivity contribution is 6.33. The normalized spacial score (nSPS) is 30.9. The van der Waals surface area contributed by atoms with E-state index in [2.05, 4.69) is 10.4 Å². The summed E-state index contributed by atoms with van der Waals surface area (Å²) in [6, 6.07) is 6.04. The van der Waals surface area contributed by atoms with Crippen molar-refractivity contribution in [1.29, 1.82) is 0 Å². The summed E-state index contributed by atoms with van der Waals surface area (Å²) in [4.78, 5) is 36.5. The summed E-state index contributed by atoms with van der Waals surface area (Å²) >= 11 is 6.42. The van der Waals surface area contributed by atoms with Gasteiger partial charge in [-0.2, -0.15) is 5.10 Å². The quantitative estimate of drug-likeness (QED) is 0.645. The third-order valence-corrected chi connectivity index (χ3v) is 7.66. The number of aromatic carboxylic acids is 1. The van der Waals surface area contributed by atoms with E-state index in [1.807, 2.05) is 0 Å². The van der Waals surface area contributed by atoms with Crippen molar-refractivity contribution in [2.24, 2.45) is 23.7 Å². The minimum Gasteiger partial charge on any atom is -0.481 e. The number of carbonyl (C=O) groups is 2. The Hall–Kier alpha value is -2.87. The SMILES string of the molecule is O=C(O)c1ccc(Nc2cnn(C34C[C@@H]5CC(C[C@@H](C5)C3)[C@H]4C(=O)O)c(=O)c2Cl)cc1. The maximum atomic E-state index is 13.3. The molecule has 2 unspecified atom stereocenters. The minimum absolute atomic E-state index is 0.0582. The van der Waals surface area contributed by atoms with Crippen molar-refractivity contribution < 1.29 is 19.8 Å². The van der Waals surface area contributed by atoms with Crippen molar-refractivity contribution in [3.05, 3.63) is 51.4 Å². The molecule has 0 amide bonds. The van der Waals surface area contributed by atoms with Crippen LogP contribution in [-0.4, -0.2) is 31.9 Å². The molecule has 3 N–H and O–H groups in total. The number of nitrogens with one attached hydrogen (secondary N) is 1. The zero-order chi connectivity index (χ0) is 21.9. The van der Waals surface area contributed by atoms with Gasteiger partial charge in [-0.15, -0.1) is 0 Å². The Morgan fingerprint density at radius 1 is 1.10 bits per heavy atom. The van der Waals surface area contributed by atoms with E-state index >= 15 is 0 Å². The van der Waals surface area contributed by atoms with E-state index in [0.29, 0.717) is 36.1 Å². The van der Waals surface area contributed by atoms with Crippen molar-refractivity contribution >= 4 is 34.9 Å². The third kappa shape index (κ3) is 3.12. The zero-order valence-electron chi connectivity index (χ0n) is 16.6. The summed E-state index contributed by atoms with van der Waals surface area (Å²) in [5.41, 5.74) is -0.330.